The average molecular weight is 280 g/mol. The molecule has 1 aliphatic carbocycles. The minimum absolute atomic E-state index is 0.262. The van der Waals surface area contributed by atoms with E-state index in [1.165, 1.54) is 32.1 Å². The fourth-order valence-electron chi connectivity index (χ4n) is 3.81. The van der Waals surface area contributed by atoms with E-state index in [2.05, 4.69) is 17.6 Å². The lowest BCUT2D eigenvalue weighted by Gasteiger charge is -2.29. The van der Waals surface area contributed by atoms with Crippen LogP contribution in [0.4, 0.5) is 0 Å². The van der Waals surface area contributed by atoms with Crippen LogP contribution in [0.3, 0.4) is 0 Å². The Kier molecular flexibility index (Phi) is 6.85. The van der Waals surface area contributed by atoms with Gasteiger partial charge in [-0.1, -0.05) is 45.4 Å². The zero-order valence-electron chi connectivity index (χ0n) is 13.1. The van der Waals surface area contributed by atoms with Crippen LogP contribution in [0.2, 0.25) is 0 Å². The quantitative estimate of drug-likeness (QED) is 0.784. The van der Waals surface area contributed by atoms with E-state index in [-0.39, 0.29) is 5.92 Å². The molecule has 1 amide bonds. The summed E-state index contributed by atoms with van der Waals surface area (Å²) in [6.45, 7) is 4.30. The average Bonchev–Trinajstić information content (AvgIpc) is 2.49. The fourth-order valence-corrected chi connectivity index (χ4v) is 3.81. The Hall–Kier alpha value is -0.570. The van der Waals surface area contributed by atoms with Crippen LogP contribution in [-0.2, 0) is 4.79 Å². The van der Waals surface area contributed by atoms with Gasteiger partial charge in [0.25, 0.3) is 0 Å². The van der Waals surface area contributed by atoms with Crippen LogP contribution in [-0.4, -0.2) is 25.0 Å². The molecule has 1 atom stereocenters. The molecule has 116 valence electrons. The Labute approximate surface area is 124 Å². The van der Waals surface area contributed by atoms with Gasteiger partial charge >= 0.3 is 0 Å². The summed E-state index contributed by atoms with van der Waals surface area (Å²) in [6, 6.07) is 0.412. The topological polar surface area (TPSA) is 41.1 Å². The van der Waals surface area contributed by atoms with E-state index < -0.39 is 0 Å². The summed E-state index contributed by atoms with van der Waals surface area (Å²) in [5.41, 5.74) is 0. The third-order valence-corrected chi connectivity index (χ3v) is 5.04. The van der Waals surface area contributed by atoms with Gasteiger partial charge in [0.2, 0.25) is 5.91 Å². The highest BCUT2D eigenvalue weighted by Gasteiger charge is 2.25. The molecule has 0 radical (unpaired) electrons. The molecular formula is C17H32N2O. The number of rotatable bonds is 6. The maximum Gasteiger partial charge on any atom is 0.223 e. The van der Waals surface area contributed by atoms with Crippen LogP contribution in [0.1, 0.15) is 71.1 Å². The first-order valence-electron chi connectivity index (χ1n) is 8.80. The van der Waals surface area contributed by atoms with Crippen molar-refractivity contribution in [1.82, 2.24) is 10.6 Å². The third-order valence-electron chi connectivity index (χ3n) is 5.04. The van der Waals surface area contributed by atoms with Crippen LogP contribution in [0.25, 0.3) is 0 Å². The van der Waals surface area contributed by atoms with E-state index in [0.29, 0.717) is 11.9 Å². The van der Waals surface area contributed by atoms with E-state index in [9.17, 15) is 4.79 Å². The van der Waals surface area contributed by atoms with E-state index in [4.69, 9.17) is 0 Å². The molecule has 2 N–H and O–H groups in total. The van der Waals surface area contributed by atoms with E-state index in [1.807, 2.05) is 0 Å². The highest BCUT2D eigenvalue weighted by molar-refractivity contribution is 5.78. The van der Waals surface area contributed by atoms with Gasteiger partial charge in [0.1, 0.15) is 0 Å². The molecule has 0 aromatic heterocycles. The van der Waals surface area contributed by atoms with Crippen molar-refractivity contribution in [2.75, 3.05) is 13.1 Å². The lowest BCUT2D eigenvalue weighted by molar-refractivity contribution is -0.126. The normalized spacial score (nSPS) is 23.4. The molecule has 2 aliphatic rings. The maximum absolute atomic E-state index is 12.5. The Bertz CT molecular complexity index is 281. The van der Waals surface area contributed by atoms with Gasteiger partial charge < -0.3 is 10.6 Å². The molecule has 1 unspecified atom stereocenters. The number of nitrogens with one attached hydrogen (secondary N) is 2. The molecule has 3 heteroatoms. The summed E-state index contributed by atoms with van der Waals surface area (Å²) in [7, 11) is 0. The Morgan fingerprint density at radius 3 is 2.50 bits per heavy atom. The largest absolute Gasteiger partial charge is 0.353 e. The zero-order valence-corrected chi connectivity index (χ0v) is 13.1. The summed E-state index contributed by atoms with van der Waals surface area (Å²) in [6.07, 6.45) is 12.3. The molecule has 0 aromatic carbocycles. The van der Waals surface area contributed by atoms with Crippen molar-refractivity contribution in [3.63, 3.8) is 0 Å². The molecule has 2 rings (SSSR count). The van der Waals surface area contributed by atoms with E-state index in [0.717, 1.165) is 51.1 Å². The summed E-state index contributed by atoms with van der Waals surface area (Å²) in [4.78, 5) is 12.5. The Morgan fingerprint density at radius 2 is 1.85 bits per heavy atom. The number of carbonyl (C=O) groups excluding carboxylic acids is 1. The number of piperidine rings is 1. The van der Waals surface area contributed by atoms with Crippen molar-refractivity contribution in [2.24, 2.45) is 11.8 Å². The van der Waals surface area contributed by atoms with Crippen LogP contribution in [0.5, 0.6) is 0 Å². The van der Waals surface area contributed by atoms with Crippen LogP contribution in [0.15, 0.2) is 0 Å². The molecule has 0 aromatic rings. The smallest absolute Gasteiger partial charge is 0.223 e. The first kappa shape index (κ1) is 15.8. The van der Waals surface area contributed by atoms with Crippen molar-refractivity contribution in [3.8, 4) is 0 Å². The number of hydrogen-bond donors (Lipinski definition) is 2. The highest BCUT2D eigenvalue weighted by Crippen LogP contribution is 2.30. The van der Waals surface area contributed by atoms with Crippen LogP contribution < -0.4 is 10.6 Å². The number of amides is 1. The van der Waals surface area contributed by atoms with Gasteiger partial charge in [-0.3, -0.25) is 4.79 Å². The van der Waals surface area contributed by atoms with Crippen LogP contribution >= 0.6 is 0 Å². The standard InChI is InChI=1S/C17H32N2O/c1-2-6-15(13-14-7-4-3-5-8-14)17(20)19-16-9-11-18-12-10-16/h14-16,18H,2-13H2,1H3,(H,19,20). The zero-order chi connectivity index (χ0) is 14.2. The minimum atomic E-state index is 0.262. The van der Waals surface area contributed by atoms with Gasteiger partial charge in [-0.05, 0) is 44.7 Å². The predicted octanol–water partition coefficient (Wildman–Crippen LogP) is 3.24. The molecule has 0 spiro atoms. The third kappa shape index (κ3) is 5.08. The van der Waals surface area contributed by atoms with Gasteiger partial charge in [-0.15, -0.1) is 0 Å². The van der Waals surface area contributed by atoms with E-state index in [1.54, 1.807) is 0 Å². The van der Waals surface area contributed by atoms with Crippen molar-refractivity contribution in [2.45, 2.75) is 77.2 Å². The summed E-state index contributed by atoms with van der Waals surface area (Å²) < 4.78 is 0. The van der Waals surface area contributed by atoms with E-state index >= 15 is 0 Å². The van der Waals surface area contributed by atoms with Crippen LogP contribution in [0, 0.1) is 11.8 Å². The molecular weight excluding hydrogens is 248 g/mol. The molecule has 0 bridgehead atoms. The second kappa shape index (κ2) is 8.66. The molecule has 2 fully saturated rings. The molecule has 1 aliphatic heterocycles. The lowest BCUT2D eigenvalue weighted by atomic mass is 9.81. The van der Waals surface area contributed by atoms with Crippen molar-refractivity contribution in [1.29, 1.82) is 0 Å². The van der Waals surface area contributed by atoms with Gasteiger partial charge in [-0.25, -0.2) is 0 Å². The second-order valence-electron chi connectivity index (χ2n) is 6.76. The molecule has 20 heavy (non-hydrogen) atoms. The number of carbonyl (C=O) groups is 1. The molecule has 1 heterocycles. The molecule has 1 saturated heterocycles. The van der Waals surface area contributed by atoms with Crippen molar-refractivity contribution in [3.05, 3.63) is 0 Å². The monoisotopic (exact) mass is 280 g/mol. The Morgan fingerprint density at radius 1 is 1.15 bits per heavy atom. The predicted molar refractivity (Wildman–Crippen MR) is 83.6 cm³/mol. The van der Waals surface area contributed by atoms with Gasteiger partial charge in [0, 0.05) is 12.0 Å². The van der Waals surface area contributed by atoms with Gasteiger partial charge in [0.05, 0.1) is 0 Å². The molecule has 1 saturated carbocycles. The lowest BCUT2D eigenvalue weighted by Crippen LogP contribution is -2.45. The summed E-state index contributed by atoms with van der Waals surface area (Å²) >= 11 is 0. The summed E-state index contributed by atoms with van der Waals surface area (Å²) in [5.74, 6) is 1.40. The van der Waals surface area contributed by atoms with Crippen molar-refractivity contribution >= 4 is 5.91 Å². The SMILES string of the molecule is CCCC(CC1CCCCC1)C(=O)NC1CCNCC1. The first-order valence-corrected chi connectivity index (χ1v) is 8.80. The Balaban J connectivity index is 1.80. The van der Waals surface area contributed by atoms with Gasteiger partial charge in [-0.2, -0.15) is 0 Å². The summed E-state index contributed by atoms with van der Waals surface area (Å²) in [5, 5.41) is 6.67. The second-order valence-corrected chi connectivity index (χ2v) is 6.76. The fraction of sp³-hybridized carbons (Fsp3) is 0.941. The number of hydrogen-bond acceptors (Lipinski definition) is 2. The van der Waals surface area contributed by atoms with Crippen molar-refractivity contribution < 1.29 is 4.79 Å². The maximum atomic E-state index is 12.5. The minimum Gasteiger partial charge on any atom is -0.353 e. The highest BCUT2D eigenvalue weighted by atomic mass is 16.1. The molecule has 3 nitrogen and oxygen atoms in total. The first-order chi connectivity index (χ1) is 9.79. The van der Waals surface area contributed by atoms with Gasteiger partial charge in [0.15, 0.2) is 0 Å².